The first-order valence-electron chi connectivity index (χ1n) is 14.2. The van der Waals surface area contributed by atoms with Crippen LogP contribution in [0.4, 0.5) is 0 Å². The molecule has 41 heavy (non-hydrogen) atoms. The summed E-state index contributed by atoms with van der Waals surface area (Å²) < 4.78 is 9.01. The van der Waals surface area contributed by atoms with Gasteiger partial charge in [0.25, 0.3) is 5.91 Å². The number of nitrogens with one attached hydrogen (secondary N) is 1. The molecule has 3 saturated carbocycles. The molecule has 3 fully saturated rings. The lowest BCUT2D eigenvalue weighted by Crippen LogP contribution is -2.55. The predicted molar refractivity (Wildman–Crippen MR) is 156 cm³/mol. The lowest BCUT2D eigenvalue weighted by Gasteiger charge is -2.62. The fraction of sp³-hybridized carbons (Fsp3) is 0.355. The molecule has 1 N–H and O–H groups in total. The predicted octanol–water partition coefficient (Wildman–Crippen LogP) is 4.71. The van der Waals surface area contributed by atoms with Crippen LogP contribution in [0.25, 0.3) is 16.7 Å². The highest BCUT2D eigenvalue weighted by molar-refractivity contribution is 9.10. The van der Waals surface area contributed by atoms with Crippen molar-refractivity contribution in [2.24, 2.45) is 5.92 Å². The summed E-state index contributed by atoms with van der Waals surface area (Å²) in [6.45, 7) is 5.19. The van der Waals surface area contributed by atoms with Gasteiger partial charge < -0.3 is 19.5 Å². The molecule has 9 rings (SSSR count). The Hall–Kier alpha value is -3.92. The number of carbonyl (C=O) groups excluding carboxylic acids is 2. The first kappa shape index (κ1) is 24.8. The molecule has 2 bridgehead atoms. The molecule has 9 nitrogen and oxygen atoms in total. The number of benzene rings is 2. The molecule has 2 aliphatic heterocycles. The maximum Gasteiger partial charge on any atom is 0.256 e. The molecule has 0 spiro atoms. The van der Waals surface area contributed by atoms with Gasteiger partial charge >= 0.3 is 0 Å². The molecule has 5 aliphatic rings. The number of carbonyl (C=O) groups is 2. The van der Waals surface area contributed by atoms with Crippen molar-refractivity contribution in [1.82, 2.24) is 29.5 Å². The number of hydrogen-bond acceptors (Lipinski definition) is 5. The topological polar surface area (TPSA) is 96.4 Å². The Bertz CT molecular complexity index is 1720. The summed E-state index contributed by atoms with van der Waals surface area (Å²) in [6.07, 6.45) is 7.46. The first-order chi connectivity index (χ1) is 20.0. The van der Waals surface area contributed by atoms with Gasteiger partial charge in [0.15, 0.2) is 0 Å². The van der Waals surface area contributed by atoms with Crippen molar-refractivity contribution in [2.75, 3.05) is 26.2 Å². The number of halogens is 1. The number of aromatic amines is 1. The van der Waals surface area contributed by atoms with Crippen molar-refractivity contribution >= 4 is 38.8 Å². The molecule has 208 valence electrons. The van der Waals surface area contributed by atoms with Gasteiger partial charge in [0.2, 0.25) is 11.8 Å². The summed E-state index contributed by atoms with van der Waals surface area (Å²) >= 11 is 3.54. The fourth-order valence-electron chi connectivity index (χ4n) is 7.31. The van der Waals surface area contributed by atoms with E-state index in [9.17, 15) is 9.59 Å². The van der Waals surface area contributed by atoms with Gasteiger partial charge in [-0.1, -0.05) is 18.7 Å². The summed E-state index contributed by atoms with van der Waals surface area (Å²) in [6, 6.07) is 12.0. The molecule has 2 amide bonds. The van der Waals surface area contributed by atoms with E-state index in [0.717, 1.165) is 32.9 Å². The smallest absolute Gasteiger partial charge is 0.256 e. The van der Waals surface area contributed by atoms with Gasteiger partial charge in [-0.15, -0.1) is 5.10 Å². The average molecular weight is 614 g/mol. The minimum atomic E-state index is -0.433. The third-order valence-electron chi connectivity index (χ3n) is 9.55. The number of hydrogen-bond donors (Lipinski definition) is 1. The van der Waals surface area contributed by atoms with Crippen LogP contribution in [-0.2, 0) is 16.6 Å². The average Bonchev–Trinajstić information content (AvgIpc) is 3.56. The highest BCUT2D eigenvalue weighted by Gasteiger charge is 2.57. The van der Waals surface area contributed by atoms with Crippen molar-refractivity contribution in [2.45, 2.75) is 37.1 Å². The molecular weight excluding hydrogens is 584 g/mol. The van der Waals surface area contributed by atoms with Crippen LogP contribution in [0.2, 0.25) is 0 Å². The van der Waals surface area contributed by atoms with Gasteiger partial charge in [-0.2, -0.15) is 0 Å². The van der Waals surface area contributed by atoms with Gasteiger partial charge in [-0.25, -0.2) is 9.67 Å². The van der Waals surface area contributed by atoms with Crippen molar-refractivity contribution in [3.63, 3.8) is 0 Å². The zero-order valence-electron chi connectivity index (χ0n) is 22.5. The van der Waals surface area contributed by atoms with Gasteiger partial charge in [-0.3, -0.25) is 9.59 Å². The van der Waals surface area contributed by atoms with Crippen molar-refractivity contribution in [3.8, 4) is 11.6 Å². The highest BCUT2D eigenvalue weighted by Crippen LogP contribution is 2.65. The van der Waals surface area contributed by atoms with Crippen LogP contribution < -0.4 is 4.74 Å². The van der Waals surface area contributed by atoms with Crippen LogP contribution in [-0.4, -0.2) is 67.6 Å². The van der Waals surface area contributed by atoms with E-state index in [1.54, 1.807) is 17.3 Å². The van der Waals surface area contributed by atoms with Crippen LogP contribution in [0.15, 0.2) is 59.9 Å². The van der Waals surface area contributed by atoms with Crippen LogP contribution >= 0.6 is 15.9 Å². The Morgan fingerprint density at radius 1 is 1.12 bits per heavy atom. The quantitative estimate of drug-likeness (QED) is 0.337. The van der Waals surface area contributed by atoms with E-state index in [4.69, 9.17) is 9.84 Å². The second kappa shape index (κ2) is 9.04. The number of ether oxygens (including phenoxy) is 1. The monoisotopic (exact) mass is 612 g/mol. The van der Waals surface area contributed by atoms with E-state index in [0.29, 0.717) is 55.0 Å². The number of rotatable bonds is 4. The van der Waals surface area contributed by atoms with Crippen LogP contribution in [0, 0.1) is 5.92 Å². The van der Waals surface area contributed by atoms with Gasteiger partial charge in [0.05, 0.1) is 46.9 Å². The summed E-state index contributed by atoms with van der Waals surface area (Å²) in [4.78, 5) is 38.1. The van der Waals surface area contributed by atoms with Crippen LogP contribution in [0.3, 0.4) is 0 Å². The second-order valence-electron chi connectivity index (χ2n) is 11.7. The van der Waals surface area contributed by atoms with E-state index in [2.05, 4.69) is 56.7 Å². The van der Waals surface area contributed by atoms with E-state index >= 15 is 0 Å². The van der Waals surface area contributed by atoms with Gasteiger partial charge in [0.1, 0.15) is 12.1 Å². The van der Waals surface area contributed by atoms with E-state index < -0.39 is 6.04 Å². The van der Waals surface area contributed by atoms with Crippen molar-refractivity contribution in [3.05, 3.63) is 82.2 Å². The summed E-state index contributed by atoms with van der Waals surface area (Å²) in [5.41, 5.74) is 6.58. The molecular formula is C31H29BrN6O3. The molecule has 3 aliphatic carbocycles. The zero-order chi connectivity index (χ0) is 27.9. The standard InChI is InChI=1S/C31H29BrN6O3/c1-2-25(39)36-11-12-41-29-26-23(38(35-29)20-5-3-19(4-6-20)31-13-18(14-31)15-31)9-10-37(24(26)16-36)30(40)21-7-8-22(32)28-27(21)33-17-34-28/h2-8,17-18,24H,1,9-16H2,(H,33,34)/t18?,24-,31?/m0/s1. The number of fused-ring (bicyclic) bond motifs is 1. The summed E-state index contributed by atoms with van der Waals surface area (Å²) in [5.74, 6) is 1.13. The van der Waals surface area contributed by atoms with E-state index in [-0.39, 0.29) is 11.8 Å². The van der Waals surface area contributed by atoms with Gasteiger partial charge in [0, 0.05) is 24.0 Å². The maximum absolute atomic E-state index is 14.2. The second-order valence-corrected chi connectivity index (χ2v) is 12.6. The van der Waals surface area contributed by atoms with E-state index in [1.165, 1.54) is 30.9 Å². The summed E-state index contributed by atoms with van der Waals surface area (Å²) in [7, 11) is 0. The van der Waals surface area contributed by atoms with Crippen molar-refractivity contribution in [1.29, 1.82) is 0 Å². The number of nitrogens with zero attached hydrogens (tertiary/aromatic N) is 5. The molecule has 4 heterocycles. The number of imidazole rings is 1. The number of aromatic nitrogens is 4. The third-order valence-corrected chi connectivity index (χ3v) is 10.2. The Labute approximate surface area is 245 Å². The number of H-pyrrole nitrogens is 1. The molecule has 2 aromatic heterocycles. The van der Waals surface area contributed by atoms with Crippen LogP contribution in [0.5, 0.6) is 5.88 Å². The lowest BCUT2D eigenvalue weighted by molar-refractivity contribution is -0.127. The van der Waals surface area contributed by atoms with Crippen LogP contribution in [0.1, 0.15) is 52.5 Å². The molecule has 0 radical (unpaired) electrons. The largest absolute Gasteiger partial charge is 0.474 e. The molecule has 1 atom stereocenters. The molecule has 10 heteroatoms. The molecule has 2 aromatic carbocycles. The molecule has 0 unspecified atom stereocenters. The Morgan fingerprint density at radius 2 is 1.93 bits per heavy atom. The Kier molecular flexibility index (Phi) is 5.48. The summed E-state index contributed by atoms with van der Waals surface area (Å²) in [5, 5.41) is 4.94. The maximum atomic E-state index is 14.2. The Balaban J connectivity index is 1.21. The normalized spacial score (nSPS) is 24.4. The minimum absolute atomic E-state index is 0.140. The molecule has 4 aromatic rings. The lowest BCUT2D eigenvalue weighted by atomic mass is 9.42. The Morgan fingerprint density at radius 3 is 2.66 bits per heavy atom. The number of amides is 2. The van der Waals surface area contributed by atoms with E-state index in [1.807, 2.05) is 15.6 Å². The highest BCUT2D eigenvalue weighted by atomic mass is 79.9. The minimum Gasteiger partial charge on any atom is -0.474 e. The molecule has 0 saturated heterocycles. The SMILES string of the molecule is C=CC(=O)N1CCOc2nn(-c3ccc(C45CC(C4)C5)cc3)c3c2[C@H](C1)N(C(=O)c1ccc(Br)c2[nH]cnc12)CC3. The third kappa shape index (κ3) is 3.65. The van der Waals surface area contributed by atoms with Crippen molar-refractivity contribution < 1.29 is 14.3 Å². The first-order valence-corrected chi connectivity index (χ1v) is 14.9. The zero-order valence-corrected chi connectivity index (χ0v) is 24.1. The fourth-order valence-corrected chi connectivity index (χ4v) is 7.74. The van der Waals surface area contributed by atoms with Gasteiger partial charge in [-0.05, 0) is 82.4 Å².